The Morgan fingerprint density at radius 1 is 1.62 bits per heavy atom. The average Bonchev–Trinajstić information content (AvgIpc) is 2.26. The summed E-state index contributed by atoms with van der Waals surface area (Å²) in [6, 6.07) is 9.16. The minimum atomic E-state index is -0.501. The molecule has 0 saturated heterocycles. The SMILES string of the molecule is CCOC(=O)/C=C(\C#N)c1cccc(Br)c1. The van der Waals surface area contributed by atoms with Crippen LogP contribution in [0.5, 0.6) is 0 Å². The Hall–Kier alpha value is -1.60. The van der Waals surface area contributed by atoms with Crippen molar-refractivity contribution in [3.63, 3.8) is 0 Å². The third-order valence-electron chi connectivity index (χ3n) is 1.80. The van der Waals surface area contributed by atoms with Gasteiger partial charge in [0.2, 0.25) is 0 Å². The summed E-state index contributed by atoms with van der Waals surface area (Å²) in [4.78, 5) is 11.2. The van der Waals surface area contributed by atoms with Gasteiger partial charge in [-0.1, -0.05) is 28.1 Å². The van der Waals surface area contributed by atoms with Crippen LogP contribution in [0, 0.1) is 11.3 Å². The number of esters is 1. The number of halogens is 1. The summed E-state index contributed by atoms with van der Waals surface area (Å²) in [5.74, 6) is -0.501. The van der Waals surface area contributed by atoms with Crippen LogP contribution in [0.1, 0.15) is 12.5 Å². The number of carbonyl (C=O) groups is 1. The minimum absolute atomic E-state index is 0.291. The highest BCUT2D eigenvalue weighted by atomic mass is 79.9. The fourth-order valence-corrected chi connectivity index (χ4v) is 1.54. The Labute approximate surface area is 102 Å². The quantitative estimate of drug-likeness (QED) is 0.486. The number of ether oxygens (including phenoxy) is 1. The normalized spacial score (nSPS) is 10.7. The Morgan fingerprint density at radius 2 is 2.38 bits per heavy atom. The smallest absolute Gasteiger partial charge is 0.332 e. The standard InChI is InChI=1S/C12H10BrNO2/c1-2-16-12(15)7-10(8-14)9-4-3-5-11(13)6-9/h3-7H,2H2,1H3/b10-7+. The van der Waals surface area contributed by atoms with Gasteiger partial charge in [-0.3, -0.25) is 0 Å². The number of benzene rings is 1. The Morgan fingerprint density at radius 3 is 2.94 bits per heavy atom. The van der Waals surface area contributed by atoms with Crippen molar-refractivity contribution in [3.05, 3.63) is 40.4 Å². The molecule has 0 radical (unpaired) electrons. The van der Waals surface area contributed by atoms with Crippen molar-refractivity contribution < 1.29 is 9.53 Å². The molecular formula is C12H10BrNO2. The van der Waals surface area contributed by atoms with E-state index in [1.54, 1.807) is 25.1 Å². The van der Waals surface area contributed by atoms with E-state index in [1.807, 2.05) is 12.1 Å². The lowest BCUT2D eigenvalue weighted by Gasteiger charge is -2.00. The number of nitriles is 1. The van der Waals surface area contributed by atoms with Crippen LogP contribution in [0.25, 0.3) is 5.57 Å². The van der Waals surface area contributed by atoms with Gasteiger partial charge in [-0.25, -0.2) is 4.79 Å². The fraction of sp³-hybridized carbons (Fsp3) is 0.167. The predicted molar refractivity (Wildman–Crippen MR) is 64.4 cm³/mol. The molecule has 0 aliphatic rings. The maximum absolute atomic E-state index is 11.2. The van der Waals surface area contributed by atoms with Gasteiger partial charge in [0.05, 0.1) is 12.2 Å². The summed E-state index contributed by atoms with van der Waals surface area (Å²) in [6.45, 7) is 2.02. The first-order valence-corrected chi connectivity index (χ1v) is 5.51. The zero-order valence-electron chi connectivity index (χ0n) is 8.74. The molecule has 0 bridgehead atoms. The van der Waals surface area contributed by atoms with Crippen molar-refractivity contribution in [2.45, 2.75) is 6.92 Å². The Bertz CT molecular complexity index is 460. The molecule has 1 aromatic carbocycles. The van der Waals surface area contributed by atoms with E-state index in [4.69, 9.17) is 10.00 Å². The highest BCUT2D eigenvalue weighted by Crippen LogP contribution is 2.18. The Balaban J connectivity index is 3.00. The summed E-state index contributed by atoms with van der Waals surface area (Å²) in [6.07, 6.45) is 1.20. The molecule has 4 heteroatoms. The number of carbonyl (C=O) groups excluding carboxylic acids is 1. The highest BCUT2D eigenvalue weighted by molar-refractivity contribution is 9.10. The van der Waals surface area contributed by atoms with Gasteiger partial charge in [0.1, 0.15) is 6.07 Å². The lowest BCUT2D eigenvalue weighted by molar-refractivity contribution is -0.137. The van der Waals surface area contributed by atoms with Crippen LogP contribution in [0.4, 0.5) is 0 Å². The predicted octanol–water partition coefficient (Wildman–Crippen LogP) is 2.92. The van der Waals surface area contributed by atoms with Gasteiger partial charge in [-0.2, -0.15) is 5.26 Å². The summed E-state index contributed by atoms with van der Waals surface area (Å²) in [5.41, 5.74) is 0.977. The zero-order valence-corrected chi connectivity index (χ0v) is 10.3. The summed E-state index contributed by atoms with van der Waals surface area (Å²) in [5, 5.41) is 8.95. The zero-order chi connectivity index (χ0) is 12.0. The van der Waals surface area contributed by atoms with E-state index in [0.29, 0.717) is 17.7 Å². The van der Waals surface area contributed by atoms with Crippen LogP contribution in [0.2, 0.25) is 0 Å². The maximum Gasteiger partial charge on any atom is 0.332 e. The van der Waals surface area contributed by atoms with Crippen molar-refractivity contribution in [1.29, 1.82) is 5.26 Å². The summed E-state index contributed by atoms with van der Waals surface area (Å²) >= 11 is 3.30. The first kappa shape index (κ1) is 12.5. The highest BCUT2D eigenvalue weighted by Gasteiger charge is 2.05. The van der Waals surface area contributed by atoms with Gasteiger partial charge >= 0.3 is 5.97 Å². The van der Waals surface area contributed by atoms with Gasteiger partial charge < -0.3 is 4.74 Å². The molecule has 0 heterocycles. The molecule has 1 aromatic rings. The largest absolute Gasteiger partial charge is 0.463 e. The van der Waals surface area contributed by atoms with Gasteiger partial charge in [-0.05, 0) is 24.6 Å². The van der Waals surface area contributed by atoms with E-state index in [-0.39, 0.29) is 0 Å². The van der Waals surface area contributed by atoms with Crippen LogP contribution < -0.4 is 0 Å². The topological polar surface area (TPSA) is 50.1 Å². The van der Waals surface area contributed by atoms with Crippen LogP contribution in [0.3, 0.4) is 0 Å². The first-order valence-electron chi connectivity index (χ1n) is 4.72. The number of nitrogens with zero attached hydrogens (tertiary/aromatic N) is 1. The van der Waals surface area contributed by atoms with Gasteiger partial charge in [-0.15, -0.1) is 0 Å². The van der Waals surface area contributed by atoms with E-state index < -0.39 is 5.97 Å². The molecule has 0 amide bonds. The Kier molecular flexibility index (Phi) is 4.74. The number of hydrogen-bond acceptors (Lipinski definition) is 3. The molecule has 16 heavy (non-hydrogen) atoms. The minimum Gasteiger partial charge on any atom is -0.463 e. The van der Waals surface area contributed by atoms with Crippen LogP contribution >= 0.6 is 15.9 Å². The van der Waals surface area contributed by atoms with E-state index in [0.717, 1.165) is 4.47 Å². The van der Waals surface area contributed by atoms with Crippen LogP contribution in [0.15, 0.2) is 34.8 Å². The summed E-state index contributed by atoms with van der Waals surface area (Å²) < 4.78 is 5.60. The average molecular weight is 280 g/mol. The summed E-state index contributed by atoms with van der Waals surface area (Å²) in [7, 11) is 0. The molecule has 0 aromatic heterocycles. The number of allylic oxidation sites excluding steroid dienone is 1. The second kappa shape index (κ2) is 6.09. The van der Waals surface area contributed by atoms with Crippen molar-refractivity contribution in [2.24, 2.45) is 0 Å². The van der Waals surface area contributed by atoms with E-state index in [1.165, 1.54) is 6.08 Å². The van der Waals surface area contributed by atoms with Gasteiger partial charge in [0, 0.05) is 10.5 Å². The molecule has 3 nitrogen and oxygen atoms in total. The van der Waals surface area contributed by atoms with E-state index in [2.05, 4.69) is 15.9 Å². The van der Waals surface area contributed by atoms with E-state index in [9.17, 15) is 4.79 Å². The molecule has 0 aliphatic heterocycles. The van der Waals surface area contributed by atoms with Crippen molar-refractivity contribution in [1.82, 2.24) is 0 Å². The van der Waals surface area contributed by atoms with Crippen molar-refractivity contribution in [3.8, 4) is 6.07 Å². The molecule has 0 aliphatic carbocycles. The third-order valence-corrected chi connectivity index (χ3v) is 2.30. The molecule has 0 spiro atoms. The fourth-order valence-electron chi connectivity index (χ4n) is 1.14. The molecule has 0 fully saturated rings. The maximum atomic E-state index is 11.2. The van der Waals surface area contributed by atoms with Crippen LogP contribution in [-0.2, 0) is 9.53 Å². The monoisotopic (exact) mass is 279 g/mol. The van der Waals surface area contributed by atoms with E-state index >= 15 is 0 Å². The molecule has 0 unspecified atom stereocenters. The molecule has 0 atom stereocenters. The number of hydrogen-bond donors (Lipinski definition) is 0. The van der Waals surface area contributed by atoms with Crippen molar-refractivity contribution >= 4 is 27.5 Å². The third kappa shape index (κ3) is 3.52. The molecular weight excluding hydrogens is 270 g/mol. The van der Waals surface area contributed by atoms with Gasteiger partial charge in [0.15, 0.2) is 0 Å². The second-order valence-electron chi connectivity index (χ2n) is 2.93. The van der Waals surface area contributed by atoms with Gasteiger partial charge in [0.25, 0.3) is 0 Å². The molecule has 1 rings (SSSR count). The molecule has 0 N–H and O–H groups in total. The lowest BCUT2D eigenvalue weighted by Crippen LogP contribution is -2.00. The first-order chi connectivity index (χ1) is 7.67. The second-order valence-corrected chi connectivity index (χ2v) is 3.85. The molecule has 0 saturated carbocycles. The molecule has 82 valence electrons. The number of rotatable bonds is 3. The lowest BCUT2D eigenvalue weighted by atomic mass is 10.1. The van der Waals surface area contributed by atoms with Crippen LogP contribution in [-0.4, -0.2) is 12.6 Å². The van der Waals surface area contributed by atoms with Crippen molar-refractivity contribution in [2.75, 3.05) is 6.61 Å².